The molecule has 0 radical (unpaired) electrons. The van der Waals surface area contributed by atoms with Crippen LogP contribution in [0.3, 0.4) is 0 Å². The maximum absolute atomic E-state index is 12.5. The third-order valence-electron chi connectivity index (χ3n) is 5.99. The van der Waals surface area contributed by atoms with E-state index >= 15 is 0 Å². The molecule has 0 unspecified atom stereocenters. The van der Waals surface area contributed by atoms with Gasteiger partial charge in [0.15, 0.2) is 0 Å². The minimum Gasteiger partial charge on any atom is -0.395 e. The number of hydrogen-bond acceptors (Lipinski definition) is 4. The van der Waals surface area contributed by atoms with Crippen molar-refractivity contribution in [3.8, 4) is 11.8 Å². The van der Waals surface area contributed by atoms with Gasteiger partial charge in [-0.15, -0.1) is 0 Å². The Bertz CT molecular complexity index is 810. The fourth-order valence-corrected chi connectivity index (χ4v) is 5.57. The van der Waals surface area contributed by atoms with Crippen LogP contribution in [-0.4, -0.2) is 66.8 Å². The molecule has 0 aliphatic carbocycles. The highest BCUT2D eigenvalue weighted by Gasteiger charge is 2.49. The molecule has 0 saturated carbocycles. The molecule has 1 aromatic carbocycles. The lowest BCUT2D eigenvalue weighted by Crippen LogP contribution is -2.67. The molecule has 2 saturated heterocycles. The minimum atomic E-state index is -3.21. The van der Waals surface area contributed by atoms with Crippen molar-refractivity contribution in [3.05, 3.63) is 35.4 Å². The van der Waals surface area contributed by atoms with Gasteiger partial charge in [0.2, 0.25) is 10.0 Å². The summed E-state index contributed by atoms with van der Waals surface area (Å²) in [5, 5.41) is 9.99. The van der Waals surface area contributed by atoms with Crippen molar-refractivity contribution in [2.75, 3.05) is 32.0 Å². The Balaban J connectivity index is 1.82. The number of rotatable bonds is 5. The summed E-state index contributed by atoms with van der Waals surface area (Å²) in [6.45, 7) is 5.95. The maximum atomic E-state index is 12.5. The standard InChI is InChI=1S/C22H32N2O3S/c1-3-5-6-9-18-10-12-19(13-11-18)22-20-16-23(28(26,27)4-2)14-7-8-15-24(20)21(22)17-25/h10-13,20-22,25H,3-5,7-8,14-17H2,1-2H3/t20-,21+,22+/m0/s1. The van der Waals surface area contributed by atoms with E-state index in [1.807, 2.05) is 12.1 Å². The van der Waals surface area contributed by atoms with E-state index in [1.165, 1.54) is 0 Å². The fourth-order valence-electron chi connectivity index (χ4n) is 4.42. The van der Waals surface area contributed by atoms with Crippen LogP contribution in [0.2, 0.25) is 0 Å². The summed E-state index contributed by atoms with van der Waals surface area (Å²) in [5.41, 5.74) is 2.16. The Hall–Kier alpha value is -1.39. The average molecular weight is 405 g/mol. The zero-order chi connectivity index (χ0) is 20.1. The maximum Gasteiger partial charge on any atom is 0.213 e. The SMILES string of the molecule is CCCC#Cc1ccc([C@H]2[C@@H](CO)N3CCCCN(S(=O)(=O)CC)C[C@@H]23)cc1. The summed E-state index contributed by atoms with van der Waals surface area (Å²) < 4.78 is 26.7. The molecular weight excluding hydrogens is 372 g/mol. The number of fused-ring (bicyclic) bond motifs is 1. The quantitative estimate of drug-likeness (QED) is 0.766. The highest BCUT2D eigenvalue weighted by molar-refractivity contribution is 7.89. The first kappa shape index (κ1) is 21.3. The molecule has 28 heavy (non-hydrogen) atoms. The number of benzene rings is 1. The molecular formula is C22H32N2O3S. The van der Waals surface area contributed by atoms with Crippen LogP contribution in [0.15, 0.2) is 24.3 Å². The van der Waals surface area contributed by atoms with Gasteiger partial charge in [0.25, 0.3) is 0 Å². The van der Waals surface area contributed by atoms with Crippen molar-refractivity contribution in [1.29, 1.82) is 0 Å². The monoisotopic (exact) mass is 404 g/mol. The van der Waals surface area contributed by atoms with Gasteiger partial charge in [-0.05, 0) is 50.4 Å². The molecule has 2 fully saturated rings. The van der Waals surface area contributed by atoms with Gasteiger partial charge < -0.3 is 5.11 Å². The molecule has 2 heterocycles. The van der Waals surface area contributed by atoms with Gasteiger partial charge >= 0.3 is 0 Å². The summed E-state index contributed by atoms with van der Waals surface area (Å²) in [4.78, 5) is 2.30. The molecule has 2 aliphatic rings. The van der Waals surface area contributed by atoms with E-state index in [1.54, 1.807) is 11.2 Å². The lowest BCUT2D eigenvalue weighted by atomic mass is 9.74. The van der Waals surface area contributed by atoms with Crippen LogP contribution in [0.5, 0.6) is 0 Å². The van der Waals surface area contributed by atoms with Crippen molar-refractivity contribution in [1.82, 2.24) is 9.21 Å². The van der Waals surface area contributed by atoms with Gasteiger partial charge in [0.1, 0.15) is 0 Å². The lowest BCUT2D eigenvalue weighted by Gasteiger charge is -2.57. The highest BCUT2D eigenvalue weighted by Crippen LogP contribution is 2.42. The van der Waals surface area contributed by atoms with Crippen molar-refractivity contribution in [2.24, 2.45) is 0 Å². The Morgan fingerprint density at radius 3 is 2.50 bits per heavy atom. The summed E-state index contributed by atoms with van der Waals surface area (Å²) >= 11 is 0. The smallest absolute Gasteiger partial charge is 0.213 e. The van der Waals surface area contributed by atoms with Gasteiger partial charge in [0, 0.05) is 43.1 Å². The van der Waals surface area contributed by atoms with E-state index in [9.17, 15) is 13.5 Å². The highest BCUT2D eigenvalue weighted by atomic mass is 32.2. The molecule has 0 aromatic heterocycles. The van der Waals surface area contributed by atoms with E-state index in [0.29, 0.717) is 13.1 Å². The molecule has 6 heteroatoms. The summed E-state index contributed by atoms with van der Waals surface area (Å²) in [6.07, 6.45) is 3.79. The molecule has 0 bridgehead atoms. The average Bonchev–Trinajstić information content (AvgIpc) is 2.68. The normalized spacial score (nSPS) is 26.3. The molecule has 1 N–H and O–H groups in total. The van der Waals surface area contributed by atoms with Gasteiger partial charge in [-0.2, -0.15) is 0 Å². The van der Waals surface area contributed by atoms with E-state index in [2.05, 4.69) is 35.8 Å². The Kier molecular flexibility index (Phi) is 7.16. The van der Waals surface area contributed by atoms with E-state index in [0.717, 1.165) is 43.4 Å². The molecule has 0 amide bonds. The second-order valence-corrected chi connectivity index (χ2v) is 9.98. The van der Waals surface area contributed by atoms with Gasteiger partial charge in [0.05, 0.1) is 12.4 Å². The number of nitrogens with zero attached hydrogens (tertiary/aromatic N) is 2. The van der Waals surface area contributed by atoms with Crippen LogP contribution in [0, 0.1) is 11.8 Å². The Morgan fingerprint density at radius 2 is 1.86 bits per heavy atom. The topological polar surface area (TPSA) is 60.9 Å². The second kappa shape index (κ2) is 9.41. The van der Waals surface area contributed by atoms with Crippen LogP contribution >= 0.6 is 0 Å². The van der Waals surface area contributed by atoms with Crippen LogP contribution in [0.4, 0.5) is 0 Å². The zero-order valence-corrected chi connectivity index (χ0v) is 17.8. The third-order valence-corrected chi connectivity index (χ3v) is 7.84. The van der Waals surface area contributed by atoms with Gasteiger partial charge in [-0.25, -0.2) is 12.7 Å². The predicted molar refractivity (Wildman–Crippen MR) is 113 cm³/mol. The van der Waals surface area contributed by atoms with Crippen LogP contribution in [-0.2, 0) is 10.0 Å². The molecule has 3 atom stereocenters. The van der Waals surface area contributed by atoms with E-state index in [-0.39, 0.29) is 30.4 Å². The van der Waals surface area contributed by atoms with Crippen molar-refractivity contribution in [2.45, 2.75) is 57.5 Å². The van der Waals surface area contributed by atoms with Crippen LogP contribution < -0.4 is 0 Å². The molecule has 1 aromatic rings. The molecule has 3 rings (SSSR count). The first-order chi connectivity index (χ1) is 13.5. The fraction of sp³-hybridized carbons (Fsp3) is 0.636. The van der Waals surface area contributed by atoms with Crippen molar-refractivity contribution >= 4 is 10.0 Å². The van der Waals surface area contributed by atoms with E-state index in [4.69, 9.17) is 0 Å². The third kappa shape index (κ3) is 4.44. The minimum absolute atomic E-state index is 0.0614. The Morgan fingerprint density at radius 1 is 1.14 bits per heavy atom. The summed E-state index contributed by atoms with van der Waals surface area (Å²) in [7, 11) is -3.21. The lowest BCUT2D eigenvalue weighted by molar-refractivity contribution is -0.0553. The zero-order valence-electron chi connectivity index (χ0n) is 17.0. The van der Waals surface area contributed by atoms with Gasteiger partial charge in [-0.1, -0.05) is 30.9 Å². The number of aliphatic hydroxyl groups excluding tert-OH is 1. The van der Waals surface area contributed by atoms with Crippen LogP contribution in [0.25, 0.3) is 0 Å². The number of unbranched alkanes of at least 4 members (excludes halogenated alkanes) is 1. The summed E-state index contributed by atoms with van der Waals surface area (Å²) in [6, 6.07) is 8.45. The molecule has 0 spiro atoms. The predicted octanol–water partition coefficient (Wildman–Crippen LogP) is 2.41. The number of hydrogen-bond donors (Lipinski definition) is 1. The Labute approximate surface area is 169 Å². The van der Waals surface area contributed by atoms with E-state index < -0.39 is 10.0 Å². The largest absolute Gasteiger partial charge is 0.395 e. The number of sulfonamides is 1. The molecule has 154 valence electrons. The number of aliphatic hydroxyl groups is 1. The first-order valence-corrected chi connectivity index (χ1v) is 12.1. The molecule has 2 aliphatic heterocycles. The summed E-state index contributed by atoms with van der Waals surface area (Å²) in [5.74, 6) is 6.64. The molecule has 5 nitrogen and oxygen atoms in total. The van der Waals surface area contributed by atoms with Gasteiger partial charge in [-0.3, -0.25) is 4.90 Å². The first-order valence-electron chi connectivity index (χ1n) is 10.4. The van der Waals surface area contributed by atoms with Crippen LogP contribution in [0.1, 0.15) is 56.6 Å². The van der Waals surface area contributed by atoms with Crippen molar-refractivity contribution in [3.63, 3.8) is 0 Å². The van der Waals surface area contributed by atoms with Crippen molar-refractivity contribution < 1.29 is 13.5 Å². The second-order valence-electron chi connectivity index (χ2n) is 7.72.